The van der Waals surface area contributed by atoms with Crippen molar-refractivity contribution in [1.29, 1.82) is 0 Å². The van der Waals surface area contributed by atoms with Crippen LogP contribution in [0.25, 0.3) is 0 Å². The number of primary amides is 1. The van der Waals surface area contributed by atoms with Crippen LogP contribution in [-0.2, 0) is 60.6 Å². The Labute approximate surface area is 419 Å². The van der Waals surface area contributed by atoms with E-state index in [4.69, 9.17) is 44.4 Å². The number of ether oxygens (including phenoxy) is 7. The van der Waals surface area contributed by atoms with E-state index in [0.717, 1.165) is 16.7 Å². The number of aromatic amines is 1. The number of aryl methyl sites for hydroxylation is 1. The number of nitrogens with one attached hydrogen (secondary N) is 1. The third kappa shape index (κ3) is 16.5. The van der Waals surface area contributed by atoms with E-state index in [2.05, 4.69) is 10.2 Å². The summed E-state index contributed by atoms with van der Waals surface area (Å²) in [5.74, 6) is -3.65. The van der Waals surface area contributed by atoms with E-state index < -0.39 is 116 Å². The summed E-state index contributed by atoms with van der Waals surface area (Å²) in [6.45, 7) is 16.5. The summed E-state index contributed by atoms with van der Waals surface area (Å²) in [7, 11) is 0. The summed E-state index contributed by atoms with van der Waals surface area (Å²) in [5.41, 5.74) is 3.80. The van der Waals surface area contributed by atoms with E-state index in [0.29, 0.717) is 30.1 Å². The van der Waals surface area contributed by atoms with E-state index in [1.807, 2.05) is 68.1 Å². The monoisotopic (exact) mass is 983 g/mol. The molecule has 0 saturated carbocycles. The highest BCUT2D eigenvalue weighted by Crippen LogP contribution is 2.37. The lowest BCUT2D eigenvalue weighted by molar-refractivity contribution is -0.294. The van der Waals surface area contributed by atoms with Gasteiger partial charge in [-0.3, -0.25) is 34.0 Å². The summed E-state index contributed by atoms with van der Waals surface area (Å²) < 4.78 is 75.5. The molecule has 2 aromatic carbocycles. The highest BCUT2D eigenvalue weighted by atomic mass is 16.7. The Bertz CT molecular complexity index is 2360. The van der Waals surface area contributed by atoms with Gasteiger partial charge < -0.3 is 44.0 Å². The molecule has 1 aliphatic rings. The highest BCUT2D eigenvalue weighted by molar-refractivity contribution is 5.78. The largest absolute Gasteiger partial charge is 0.491 e. The fraction of sp³-hybridized carbons (Fsp3) is 0.623. The van der Waals surface area contributed by atoms with Crippen molar-refractivity contribution in [3.05, 3.63) is 76.5 Å². The molecule has 0 bridgehead atoms. The van der Waals surface area contributed by atoms with E-state index >= 15 is 0 Å². The quantitative estimate of drug-likeness (QED) is 0.0757. The Balaban J connectivity index is 1.75. The van der Waals surface area contributed by atoms with Crippen LogP contribution < -0.4 is 15.2 Å². The van der Waals surface area contributed by atoms with Gasteiger partial charge in [-0.1, -0.05) is 50.2 Å². The minimum absolute atomic E-state index is 0.00725. The topological polar surface area (TPSA) is 228 Å². The predicted octanol–water partition coefficient (Wildman–Crippen LogP) is 7.12. The molecule has 17 heteroatoms. The van der Waals surface area contributed by atoms with Crippen LogP contribution in [0.2, 0.25) is 0 Å². The molecule has 0 radical (unpaired) electrons. The number of carbonyl (C=O) groups is 5. The minimum atomic E-state index is -1.75. The average molecular weight is 983 g/mol. The molecule has 1 amide bonds. The van der Waals surface area contributed by atoms with Gasteiger partial charge in [0.25, 0.3) is 0 Å². The first kappa shape index (κ1) is 50.9. The molecular weight excluding hydrogens is 901 g/mol. The first-order valence-corrected chi connectivity index (χ1v) is 23.4. The van der Waals surface area contributed by atoms with E-state index in [1.54, 1.807) is 6.07 Å². The molecule has 6 atom stereocenters. The number of esters is 4. The summed E-state index contributed by atoms with van der Waals surface area (Å²) in [6, 6.07) is 15.1. The van der Waals surface area contributed by atoms with Crippen molar-refractivity contribution in [2.75, 3.05) is 26.3 Å². The van der Waals surface area contributed by atoms with Crippen molar-refractivity contribution < 1.29 is 67.7 Å². The molecule has 0 aliphatic carbocycles. The highest BCUT2D eigenvalue weighted by Gasteiger charge is 2.56. The second-order valence-corrected chi connectivity index (χ2v) is 21.1. The molecule has 17 nitrogen and oxygen atoms in total. The fourth-order valence-electron chi connectivity index (χ4n) is 6.96. The van der Waals surface area contributed by atoms with Crippen molar-refractivity contribution in [3.8, 4) is 11.6 Å². The molecule has 1 unspecified atom stereocenters. The van der Waals surface area contributed by atoms with Crippen LogP contribution in [-0.4, -0.2) is 113 Å². The summed E-state index contributed by atoms with van der Waals surface area (Å²) in [5, 5.41) is 18.7. The molecule has 4 N–H and O–H groups in total. The van der Waals surface area contributed by atoms with Crippen LogP contribution in [0.3, 0.4) is 0 Å². The van der Waals surface area contributed by atoms with Gasteiger partial charge >= 0.3 is 23.9 Å². The van der Waals surface area contributed by atoms with Gasteiger partial charge in [0.2, 0.25) is 24.2 Å². The Hall–Kier alpha value is -5.52. The Kier molecular flexibility index (Phi) is 17.1. The molecule has 1 aliphatic heterocycles. The van der Waals surface area contributed by atoms with Gasteiger partial charge in [-0.2, -0.15) is 0 Å². The van der Waals surface area contributed by atoms with Crippen molar-refractivity contribution in [1.82, 2.24) is 15.1 Å². The van der Waals surface area contributed by atoms with Gasteiger partial charge in [0.1, 0.15) is 31.2 Å². The molecule has 1 fully saturated rings. The van der Waals surface area contributed by atoms with Crippen molar-refractivity contribution in [2.24, 2.45) is 27.4 Å². The van der Waals surface area contributed by atoms with Crippen LogP contribution in [0.15, 0.2) is 48.5 Å². The summed E-state index contributed by atoms with van der Waals surface area (Å²) >= 11 is 0. The number of H-pyrrole nitrogens is 1. The van der Waals surface area contributed by atoms with Crippen LogP contribution in [0, 0.1) is 28.6 Å². The molecule has 388 valence electrons. The van der Waals surface area contributed by atoms with Crippen LogP contribution in [0.5, 0.6) is 11.6 Å². The van der Waals surface area contributed by atoms with Crippen molar-refractivity contribution in [2.45, 2.75) is 166 Å². The summed E-state index contributed by atoms with van der Waals surface area (Å²) in [4.78, 5) is 68.8. The van der Waals surface area contributed by atoms with Crippen molar-refractivity contribution in [3.63, 3.8) is 0 Å². The number of carbonyl (C=O) groups excluding carboxylic acids is 5. The average Bonchev–Trinajstić information content (AvgIpc) is 3.75. The molecule has 70 heavy (non-hydrogen) atoms. The van der Waals surface area contributed by atoms with E-state index in [1.165, 1.54) is 55.4 Å². The number of hydrogen-bond acceptors (Lipinski definition) is 15. The van der Waals surface area contributed by atoms with Crippen molar-refractivity contribution >= 4 is 29.8 Å². The number of benzene rings is 2. The molecule has 1 aromatic heterocycles. The zero-order valence-corrected chi connectivity index (χ0v) is 42.8. The smallest absolute Gasteiger partial charge is 0.311 e. The lowest BCUT2D eigenvalue weighted by atomic mass is 9.93. The molecule has 1 saturated heterocycles. The zero-order valence-electron chi connectivity index (χ0n) is 46.8. The number of aromatic nitrogens is 2. The number of nitrogens with two attached hydrogens (primary N) is 1. The van der Waals surface area contributed by atoms with Gasteiger partial charge in [-0.15, -0.1) is 5.10 Å². The number of aliphatic hydroxyl groups is 1. The van der Waals surface area contributed by atoms with E-state index in [-0.39, 0.29) is 44.7 Å². The van der Waals surface area contributed by atoms with E-state index in [9.17, 15) is 29.1 Å². The van der Waals surface area contributed by atoms with Crippen LogP contribution in [0.4, 0.5) is 0 Å². The van der Waals surface area contributed by atoms with Gasteiger partial charge in [0.05, 0.1) is 21.7 Å². The SMILES string of the molecule is [2H]CC(C)(C)C(=O)OC[C@H]1OC(Oc2n[nH]c(C(C)C)c2Cc2ccc(OC[C@@H](O)CN(CCC(N)=O)Cc3ccccc3)cc2C)[C@H](OC(=O)C(C)(C)C[2H])[C@@H](OC(=O)C(C)(C)C[2H])[C@@H]1OC(=O)C(C)(C)C[2H]. The van der Waals surface area contributed by atoms with Gasteiger partial charge in [-0.05, 0) is 125 Å². The Morgan fingerprint density at radius 3 is 1.96 bits per heavy atom. The lowest BCUT2D eigenvalue weighted by Gasteiger charge is -2.45. The number of amides is 1. The molecule has 2 heterocycles. The maximum atomic E-state index is 14.0. The maximum absolute atomic E-state index is 14.0. The third-order valence-corrected chi connectivity index (χ3v) is 11.1. The van der Waals surface area contributed by atoms with Gasteiger partial charge in [-0.25, -0.2) is 0 Å². The number of hydrogen-bond donors (Lipinski definition) is 3. The Morgan fingerprint density at radius 2 is 1.40 bits per heavy atom. The first-order valence-electron chi connectivity index (χ1n) is 26.2. The number of nitrogens with zero attached hydrogens (tertiary/aromatic N) is 2. The second kappa shape index (κ2) is 23.6. The fourth-order valence-corrected chi connectivity index (χ4v) is 6.96. The van der Waals surface area contributed by atoms with Gasteiger partial charge in [0, 0.05) is 49.2 Å². The predicted molar refractivity (Wildman–Crippen MR) is 261 cm³/mol. The third-order valence-electron chi connectivity index (χ3n) is 11.1. The standard InChI is InChI=1S/C53H78N4O13/c1-31(2)40-37(26-34-21-22-36(25-32(34)3)64-29-35(58)28-57(24-23-39(54)59)27-33-19-17-16-18-20-33)44(56-55-40)70-45-43(69-49(63)53(13,14)15)42(68-48(62)52(10,11)12)41(67-47(61)51(7,8)9)38(66-45)30-65-46(60)50(4,5)6/h16-22,25,31,35,38,41-43,45,58H,23-24,26-30H2,1-15H3,(H2,54,59)(H,55,56)/t35-,38+,41+,42-,43+,45?/m0/s1/i4D,7D,10D,13D. The lowest BCUT2D eigenvalue weighted by Crippen LogP contribution is -2.65. The molecule has 4 rings (SSSR count). The minimum Gasteiger partial charge on any atom is -0.491 e. The zero-order chi connectivity index (χ0) is 55.3. The molecule has 0 spiro atoms. The first-order chi connectivity index (χ1) is 34.6. The normalized spacial score (nSPS) is 20.1. The number of aliphatic hydroxyl groups excluding tert-OH is 1. The van der Waals surface area contributed by atoms with Gasteiger partial charge in [0.15, 0.2) is 12.2 Å². The maximum Gasteiger partial charge on any atom is 0.311 e. The number of rotatable bonds is 20. The molecular formula is C53H78N4O13. The van der Waals surface area contributed by atoms with Crippen LogP contribution in [0.1, 0.15) is 143 Å². The molecule has 3 aromatic rings. The Morgan fingerprint density at radius 1 is 0.829 bits per heavy atom. The van der Waals surface area contributed by atoms with Crippen LogP contribution >= 0.6 is 0 Å². The second-order valence-electron chi connectivity index (χ2n) is 21.1. The summed E-state index contributed by atoms with van der Waals surface area (Å²) in [6.07, 6.45) is -8.94.